The number of alkyl halides is 3. The molecule has 2 aromatic rings. The van der Waals surface area contributed by atoms with Crippen LogP contribution in [0.5, 0.6) is 0 Å². The van der Waals surface area contributed by atoms with Crippen molar-refractivity contribution in [3.63, 3.8) is 0 Å². The highest BCUT2D eigenvalue weighted by Crippen LogP contribution is 2.36. The van der Waals surface area contributed by atoms with E-state index in [4.69, 9.17) is 0 Å². The number of nitro groups is 1. The van der Waals surface area contributed by atoms with E-state index in [9.17, 15) is 40.5 Å². The highest BCUT2D eigenvalue weighted by atomic mass is 32.2. The molecule has 0 saturated carbocycles. The molecule has 0 aliphatic heterocycles. The van der Waals surface area contributed by atoms with E-state index >= 15 is 0 Å². The first-order valence-electron chi connectivity index (χ1n) is 6.61. The van der Waals surface area contributed by atoms with Crippen molar-refractivity contribution in [1.82, 2.24) is 0 Å². The standard InChI is InChI=1S/C14H8F5NO5S/c15-8-4-5-13(11(16)6-8)26(23,24)25-7-9-10(14(17,18)19)2-1-3-12(9)20(21)22/h1-6H,7H2. The number of hydrogen-bond acceptors (Lipinski definition) is 5. The SMILES string of the molecule is O=[N+]([O-])c1cccc(C(F)(F)F)c1COS(=O)(=O)c1ccc(F)cc1F. The molecule has 0 N–H and O–H groups in total. The van der Waals surface area contributed by atoms with Gasteiger partial charge in [-0.15, -0.1) is 0 Å². The number of nitrogens with zero attached hydrogens (tertiary/aromatic N) is 1. The Balaban J connectivity index is 2.44. The lowest BCUT2D eigenvalue weighted by atomic mass is 10.1. The molecule has 2 rings (SSSR count). The Morgan fingerprint density at radius 2 is 1.77 bits per heavy atom. The monoisotopic (exact) mass is 397 g/mol. The summed E-state index contributed by atoms with van der Waals surface area (Å²) in [4.78, 5) is 8.66. The number of rotatable bonds is 5. The minimum Gasteiger partial charge on any atom is -0.261 e. The van der Waals surface area contributed by atoms with Gasteiger partial charge in [0.25, 0.3) is 15.8 Å². The van der Waals surface area contributed by atoms with Crippen LogP contribution in [0.3, 0.4) is 0 Å². The maximum atomic E-state index is 13.6. The minimum absolute atomic E-state index is 0.238. The molecular weight excluding hydrogens is 389 g/mol. The van der Waals surface area contributed by atoms with Crippen molar-refractivity contribution in [2.24, 2.45) is 0 Å². The van der Waals surface area contributed by atoms with Crippen LogP contribution in [0.2, 0.25) is 0 Å². The van der Waals surface area contributed by atoms with Gasteiger partial charge in [0, 0.05) is 12.1 Å². The zero-order chi connectivity index (χ0) is 19.7. The zero-order valence-electron chi connectivity index (χ0n) is 12.5. The van der Waals surface area contributed by atoms with E-state index in [1.807, 2.05) is 0 Å². The summed E-state index contributed by atoms with van der Waals surface area (Å²) >= 11 is 0. The first kappa shape index (κ1) is 19.7. The first-order chi connectivity index (χ1) is 11.9. The Morgan fingerprint density at radius 3 is 2.31 bits per heavy atom. The van der Waals surface area contributed by atoms with E-state index in [0.29, 0.717) is 18.2 Å². The Bertz CT molecular complexity index is 959. The van der Waals surface area contributed by atoms with Crippen LogP contribution >= 0.6 is 0 Å². The van der Waals surface area contributed by atoms with Crippen molar-refractivity contribution in [3.8, 4) is 0 Å². The molecule has 0 amide bonds. The fourth-order valence-corrected chi connectivity index (χ4v) is 2.97. The second-order valence-corrected chi connectivity index (χ2v) is 6.43. The van der Waals surface area contributed by atoms with Crippen LogP contribution in [0.4, 0.5) is 27.6 Å². The molecule has 0 aliphatic carbocycles. The fourth-order valence-electron chi connectivity index (χ4n) is 2.04. The molecule has 0 atom stereocenters. The van der Waals surface area contributed by atoms with Crippen LogP contribution in [0.25, 0.3) is 0 Å². The van der Waals surface area contributed by atoms with Gasteiger partial charge in [-0.25, -0.2) is 8.78 Å². The first-order valence-corrected chi connectivity index (χ1v) is 8.02. The number of halogens is 5. The lowest BCUT2D eigenvalue weighted by Gasteiger charge is -2.13. The number of nitro benzene ring substituents is 1. The molecule has 0 aliphatic rings. The van der Waals surface area contributed by atoms with E-state index in [0.717, 1.165) is 12.1 Å². The normalized spacial score (nSPS) is 12.2. The van der Waals surface area contributed by atoms with E-state index in [-0.39, 0.29) is 6.07 Å². The summed E-state index contributed by atoms with van der Waals surface area (Å²) in [6.45, 7) is -1.37. The Morgan fingerprint density at radius 1 is 1.12 bits per heavy atom. The van der Waals surface area contributed by atoms with Crippen LogP contribution in [-0.2, 0) is 27.1 Å². The largest absolute Gasteiger partial charge is 0.417 e. The van der Waals surface area contributed by atoms with Crippen molar-refractivity contribution in [1.29, 1.82) is 0 Å². The molecule has 2 aromatic carbocycles. The summed E-state index contributed by atoms with van der Waals surface area (Å²) in [6.07, 6.45) is -5.02. The average Bonchev–Trinajstić information content (AvgIpc) is 2.51. The summed E-state index contributed by atoms with van der Waals surface area (Å²) in [7, 11) is -4.94. The second-order valence-electron chi connectivity index (χ2n) is 4.85. The van der Waals surface area contributed by atoms with Crippen molar-refractivity contribution in [2.45, 2.75) is 17.7 Å². The van der Waals surface area contributed by atoms with Crippen LogP contribution in [0.1, 0.15) is 11.1 Å². The van der Waals surface area contributed by atoms with Crippen LogP contribution in [0.15, 0.2) is 41.3 Å². The van der Waals surface area contributed by atoms with Crippen molar-refractivity contribution in [2.75, 3.05) is 0 Å². The molecule has 0 radical (unpaired) electrons. The lowest BCUT2D eigenvalue weighted by molar-refractivity contribution is -0.386. The van der Waals surface area contributed by atoms with E-state index in [1.54, 1.807) is 0 Å². The van der Waals surface area contributed by atoms with Gasteiger partial charge in [0.15, 0.2) is 0 Å². The molecule has 0 saturated heterocycles. The van der Waals surface area contributed by atoms with Gasteiger partial charge in [0.05, 0.1) is 22.7 Å². The van der Waals surface area contributed by atoms with Crippen LogP contribution in [0, 0.1) is 21.7 Å². The Hall–Kier alpha value is -2.60. The summed E-state index contributed by atoms with van der Waals surface area (Å²) in [5, 5.41) is 10.9. The highest BCUT2D eigenvalue weighted by molar-refractivity contribution is 7.86. The van der Waals surface area contributed by atoms with E-state index < -0.39 is 61.2 Å². The molecule has 0 fully saturated rings. The van der Waals surface area contributed by atoms with Gasteiger partial charge in [0.1, 0.15) is 16.5 Å². The summed E-state index contributed by atoms with van der Waals surface area (Å²) < 4.78 is 93.7. The quantitative estimate of drug-likeness (QED) is 0.332. The van der Waals surface area contributed by atoms with Crippen LogP contribution in [-0.4, -0.2) is 13.3 Å². The molecule has 0 aromatic heterocycles. The lowest BCUT2D eigenvalue weighted by Crippen LogP contribution is -2.15. The van der Waals surface area contributed by atoms with Crippen molar-refractivity contribution >= 4 is 15.8 Å². The minimum atomic E-state index is -5.02. The third-order valence-electron chi connectivity index (χ3n) is 3.18. The van der Waals surface area contributed by atoms with Crippen LogP contribution < -0.4 is 0 Å². The topological polar surface area (TPSA) is 86.5 Å². The molecule has 0 spiro atoms. The molecule has 0 unspecified atom stereocenters. The highest BCUT2D eigenvalue weighted by Gasteiger charge is 2.37. The Labute approximate surface area is 143 Å². The molecule has 0 heterocycles. The summed E-state index contributed by atoms with van der Waals surface area (Å²) in [6, 6.07) is 3.38. The second kappa shape index (κ2) is 6.96. The van der Waals surface area contributed by atoms with E-state index in [1.165, 1.54) is 0 Å². The van der Waals surface area contributed by atoms with Gasteiger partial charge in [-0.05, 0) is 18.2 Å². The smallest absolute Gasteiger partial charge is 0.261 e. The van der Waals surface area contributed by atoms with Gasteiger partial charge in [-0.2, -0.15) is 21.6 Å². The van der Waals surface area contributed by atoms with Gasteiger partial charge >= 0.3 is 6.18 Å². The van der Waals surface area contributed by atoms with Gasteiger partial charge in [-0.1, -0.05) is 6.07 Å². The van der Waals surface area contributed by atoms with Crippen molar-refractivity contribution in [3.05, 3.63) is 69.3 Å². The fraction of sp³-hybridized carbons (Fsp3) is 0.143. The molecule has 6 nitrogen and oxygen atoms in total. The summed E-state index contributed by atoms with van der Waals surface area (Å²) in [5.41, 5.74) is -3.54. The average molecular weight is 397 g/mol. The number of benzene rings is 2. The van der Waals surface area contributed by atoms with Gasteiger partial charge in [0.2, 0.25) is 0 Å². The number of hydrogen-bond donors (Lipinski definition) is 0. The molecule has 140 valence electrons. The predicted octanol–water partition coefficient (Wildman–Crippen LogP) is 3.80. The molecule has 0 bridgehead atoms. The summed E-state index contributed by atoms with van der Waals surface area (Å²) in [5.74, 6) is -2.61. The van der Waals surface area contributed by atoms with Gasteiger partial charge in [-0.3, -0.25) is 14.3 Å². The Kier molecular flexibility index (Phi) is 5.28. The molecular formula is C14H8F5NO5S. The molecule has 12 heteroatoms. The predicted molar refractivity (Wildman–Crippen MR) is 76.4 cm³/mol. The van der Waals surface area contributed by atoms with Gasteiger partial charge < -0.3 is 0 Å². The maximum Gasteiger partial charge on any atom is 0.417 e. The third-order valence-corrected chi connectivity index (χ3v) is 4.47. The zero-order valence-corrected chi connectivity index (χ0v) is 13.3. The van der Waals surface area contributed by atoms with Crippen molar-refractivity contribution < 1.29 is 39.5 Å². The third kappa shape index (κ3) is 4.14. The van der Waals surface area contributed by atoms with E-state index in [2.05, 4.69) is 4.18 Å². The maximum absolute atomic E-state index is 13.6. The molecule has 26 heavy (non-hydrogen) atoms.